The summed E-state index contributed by atoms with van der Waals surface area (Å²) in [7, 11) is 1.52. The molecule has 4 fully saturated rings. The van der Waals surface area contributed by atoms with Crippen molar-refractivity contribution in [1.82, 2.24) is 10.6 Å². The summed E-state index contributed by atoms with van der Waals surface area (Å²) in [6, 6.07) is -1.12. The Balaban J connectivity index is 1.85. The van der Waals surface area contributed by atoms with Crippen molar-refractivity contribution in [2.45, 2.75) is 44.6 Å². The van der Waals surface area contributed by atoms with E-state index in [9.17, 15) is 14.7 Å². The van der Waals surface area contributed by atoms with E-state index in [4.69, 9.17) is 0 Å². The molecule has 4 bridgehead atoms. The molecule has 0 aromatic heterocycles. The van der Waals surface area contributed by atoms with Crippen molar-refractivity contribution in [1.29, 1.82) is 0 Å². The molecule has 5 nitrogen and oxygen atoms in total. The third-order valence-electron chi connectivity index (χ3n) is 5.45. The highest BCUT2D eigenvalue weighted by molar-refractivity contribution is 5.83. The van der Waals surface area contributed by atoms with Crippen LogP contribution in [0.3, 0.4) is 0 Å². The fraction of sp³-hybridized carbons (Fsp3) is 0.857. The molecular weight excluding hydrogens is 244 g/mol. The summed E-state index contributed by atoms with van der Waals surface area (Å²) in [6.07, 6.45) is 6.72. The lowest BCUT2D eigenvalue weighted by atomic mass is 9.47. The summed E-state index contributed by atoms with van der Waals surface area (Å²) in [5.74, 6) is 1.16. The SMILES string of the molecule is CNC(=O)NC(C(=O)O)C12CC3CC(CC(C3)C1)C2. The van der Waals surface area contributed by atoms with E-state index in [0.717, 1.165) is 19.3 Å². The van der Waals surface area contributed by atoms with Crippen LogP contribution in [0.1, 0.15) is 38.5 Å². The molecule has 0 saturated heterocycles. The molecule has 2 amide bonds. The van der Waals surface area contributed by atoms with E-state index in [-0.39, 0.29) is 11.4 Å². The number of nitrogens with one attached hydrogen (secondary N) is 2. The number of amides is 2. The van der Waals surface area contributed by atoms with E-state index in [1.807, 2.05) is 0 Å². The van der Waals surface area contributed by atoms with Crippen LogP contribution >= 0.6 is 0 Å². The lowest BCUT2D eigenvalue weighted by Gasteiger charge is -2.58. The highest BCUT2D eigenvalue weighted by Crippen LogP contribution is 2.61. The van der Waals surface area contributed by atoms with Crippen molar-refractivity contribution < 1.29 is 14.7 Å². The minimum Gasteiger partial charge on any atom is -0.480 e. The van der Waals surface area contributed by atoms with Crippen molar-refractivity contribution in [2.24, 2.45) is 23.2 Å². The molecule has 0 spiro atoms. The van der Waals surface area contributed by atoms with Crippen molar-refractivity contribution in [2.75, 3.05) is 7.05 Å². The summed E-state index contributed by atoms with van der Waals surface area (Å²) in [6.45, 7) is 0. The van der Waals surface area contributed by atoms with Crippen molar-refractivity contribution >= 4 is 12.0 Å². The van der Waals surface area contributed by atoms with Gasteiger partial charge in [-0.05, 0) is 56.3 Å². The van der Waals surface area contributed by atoms with Gasteiger partial charge >= 0.3 is 12.0 Å². The number of urea groups is 1. The van der Waals surface area contributed by atoms with Gasteiger partial charge < -0.3 is 15.7 Å². The van der Waals surface area contributed by atoms with Crippen LogP contribution in [0.5, 0.6) is 0 Å². The summed E-state index contributed by atoms with van der Waals surface area (Å²) < 4.78 is 0. The van der Waals surface area contributed by atoms with Crippen molar-refractivity contribution in [3.05, 3.63) is 0 Å². The van der Waals surface area contributed by atoms with Gasteiger partial charge in [0.1, 0.15) is 6.04 Å². The third kappa shape index (κ3) is 2.09. The van der Waals surface area contributed by atoms with E-state index < -0.39 is 12.0 Å². The van der Waals surface area contributed by atoms with Gasteiger partial charge in [-0.3, -0.25) is 0 Å². The van der Waals surface area contributed by atoms with Crippen LogP contribution in [0.25, 0.3) is 0 Å². The van der Waals surface area contributed by atoms with Gasteiger partial charge in [0.2, 0.25) is 0 Å². The molecule has 0 aromatic rings. The Morgan fingerprint density at radius 1 is 1.11 bits per heavy atom. The highest BCUT2D eigenvalue weighted by Gasteiger charge is 2.56. The number of carboxylic acids is 1. The minimum absolute atomic E-state index is 0.201. The van der Waals surface area contributed by atoms with E-state index in [1.165, 1.54) is 26.3 Å². The third-order valence-corrected chi connectivity index (χ3v) is 5.45. The smallest absolute Gasteiger partial charge is 0.326 e. The Labute approximate surface area is 113 Å². The fourth-order valence-electron chi connectivity index (χ4n) is 5.21. The maximum atomic E-state index is 11.6. The monoisotopic (exact) mass is 266 g/mol. The first-order valence-corrected chi connectivity index (χ1v) is 7.23. The van der Waals surface area contributed by atoms with Gasteiger partial charge in [-0.25, -0.2) is 9.59 Å². The summed E-state index contributed by atoms with van der Waals surface area (Å²) >= 11 is 0. The van der Waals surface area contributed by atoms with Gasteiger partial charge in [0.25, 0.3) is 0 Å². The fourth-order valence-corrected chi connectivity index (χ4v) is 5.21. The van der Waals surface area contributed by atoms with E-state index >= 15 is 0 Å². The molecule has 19 heavy (non-hydrogen) atoms. The van der Waals surface area contributed by atoms with Crippen molar-refractivity contribution in [3.8, 4) is 0 Å². The molecule has 5 heteroatoms. The molecule has 0 radical (unpaired) electrons. The number of carbonyl (C=O) groups is 2. The molecule has 106 valence electrons. The van der Waals surface area contributed by atoms with Crippen LogP contribution in [0, 0.1) is 23.2 Å². The van der Waals surface area contributed by atoms with Gasteiger partial charge in [0.05, 0.1) is 0 Å². The topological polar surface area (TPSA) is 78.4 Å². The molecule has 3 N–H and O–H groups in total. The molecule has 4 aliphatic rings. The van der Waals surface area contributed by atoms with Crippen LogP contribution in [0.2, 0.25) is 0 Å². The normalized spacial score (nSPS) is 40.8. The summed E-state index contributed by atoms with van der Waals surface area (Å²) in [4.78, 5) is 23.2. The second-order valence-electron chi connectivity index (χ2n) is 6.77. The van der Waals surface area contributed by atoms with Crippen LogP contribution in [0.4, 0.5) is 4.79 Å². The van der Waals surface area contributed by atoms with Gasteiger partial charge in [-0.1, -0.05) is 0 Å². The average molecular weight is 266 g/mol. The Kier molecular flexibility index (Phi) is 2.95. The Morgan fingerprint density at radius 3 is 1.95 bits per heavy atom. The Hall–Kier alpha value is -1.26. The molecule has 1 atom stereocenters. The molecule has 0 aromatic carbocycles. The largest absolute Gasteiger partial charge is 0.480 e. The maximum Gasteiger partial charge on any atom is 0.326 e. The van der Waals surface area contributed by atoms with Gasteiger partial charge in [-0.15, -0.1) is 0 Å². The number of aliphatic carboxylic acids is 1. The van der Waals surface area contributed by atoms with E-state index in [1.54, 1.807) is 0 Å². The molecule has 4 saturated carbocycles. The second kappa shape index (κ2) is 4.39. The van der Waals surface area contributed by atoms with Gasteiger partial charge in [0, 0.05) is 12.5 Å². The second-order valence-corrected chi connectivity index (χ2v) is 6.77. The lowest BCUT2D eigenvalue weighted by Crippen LogP contribution is -2.60. The number of rotatable bonds is 3. The number of hydrogen-bond acceptors (Lipinski definition) is 2. The van der Waals surface area contributed by atoms with E-state index in [2.05, 4.69) is 10.6 Å². The minimum atomic E-state index is -0.884. The zero-order valence-electron chi connectivity index (χ0n) is 11.3. The average Bonchev–Trinajstić information content (AvgIpc) is 2.33. The zero-order valence-corrected chi connectivity index (χ0v) is 11.3. The predicted octanol–water partition coefficient (Wildman–Crippen LogP) is 1.58. The Morgan fingerprint density at radius 2 is 1.58 bits per heavy atom. The quantitative estimate of drug-likeness (QED) is 0.725. The predicted molar refractivity (Wildman–Crippen MR) is 69.6 cm³/mol. The standard InChI is InChI=1S/C14H22N2O3/c1-15-13(19)16-11(12(17)18)14-5-8-2-9(6-14)4-10(3-8)7-14/h8-11H,2-7H2,1H3,(H,17,18)(H2,15,16,19). The Bertz CT molecular complexity index is 372. The lowest BCUT2D eigenvalue weighted by molar-refractivity contribution is -0.150. The first-order chi connectivity index (χ1) is 9.02. The molecule has 4 aliphatic carbocycles. The molecule has 0 heterocycles. The van der Waals surface area contributed by atoms with Crippen LogP contribution in [0.15, 0.2) is 0 Å². The summed E-state index contributed by atoms with van der Waals surface area (Å²) in [5, 5.41) is 14.7. The van der Waals surface area contributed by atoms with Crippen molar-refractivity contribution in [3.63, 3.8) is 0 Å². The maximum absolute atomic E-state index is 11.6. The van der Waals surface area contributed by atoms with Crippen LogP contribution < -0.4 is 10.6 Å². The molecule has 0 aliphatic heterocycles. The first kappa shape index (κ1) is 12.8. The molecular formula is C14H22N2O3. The first-order valence-electron chi connectivity index (χ1n) is 7.23. The highest BCUT2D eigenvalue weighted by atomic mass is 16.4. The molecule has 4 rings (SSSR count). The number of carbonyl (C=O) groups excluding carboxylic acids is 1. The summed E-state index contributed by atoms with van der Waals surface area (Å²) in [5.41, 5.74) is -0.201. The number of carboxylic acid groups (broad SMARTS) is 1. The van der Waals surface area contributed by atoms with Crippen LogP contribution in [-0.4, -0.2) is 30.2 Å². The zero-order chi connectivity index (χ0) is 13.6. The van der Waals surface area contributed by atoms with Crippen LogP contribution in [-0.2, 0) is 4.79 Å². The molecule has 1 unspecified atom stereocenters. The van der Waals surface area contributed by atoms with Gasteiger partial charge in [-0.2, -0.15) is 0 Å². The number of hydrogen-bond donors (Lipinski definition) is 3. The van der Waals surface area contributed by atoms with E-state index in [0.29, 0.717) is 17.8 Å². The van der Waals surface area contributed by atoms with Gasteiger partial charge in [0.15, 0.2) is 0 Å².